The van der Waals surface area contributed by atoms with Crippen LogP contribution in [0.5, 0.6) is 5.75 Å². The Morgan fingerprint density at radius 2 is 1.88 bits per heavy atom. The van der Waals surface area contributed by atoms with E-state index >= 15 is 0 Å². The minimum absolute atomic E-state index is 0.00462. The molecule has 166 valence electrons. The summed E-state index contributed by atoms with van der Waals surface area (Å²) in [5, 5.41) is 2.86. The third-order valence-corrected chi connectivity index (χ3v) is 5.38. The number of hydrogen-bond donors (Lipinski definition) is 1. The normalized spacial score (nSPS) is 13.2. The van der Waals surface area contributed by atoms with Crippen molar-refractivity contribution in [2.24, 2.45) is 0 Å². The molecule has 0 unspecified atom stereocenters. The van der Waals surface area contributed by atoms with Crippen molar-refractivity contribution in [2.45, 2.75) is 32.6 Å². The van der Waals surface area contributed by atoms with Crippen molar-refractivity contribution < 1.29 is 18.7 Å². The van der Waals surface area contributed by atoms with Crippen LogP contribution in [0.15, 0.2) is 59.0 Å². The zero-order valence-electron chi connectivity index (χ0n) is 18.2. The molecule has 0 bridgehead atoms. The van der Waals surface area contributed by atoms with E-state index in [1.165, 1.54) is 0 Å². The second kappa shape index (κ2) is 10.1. The van der Waals surface area contributed by atoms with Gasteiger partial charge in [-0.1, -0.05) is 36.4 Å². The summed E-state index contributed by atoms with van der Waals surface area (Å²) in [4.78, 5) is 30.8. The van der Waals surface area contributed by atoms with Gasteiger partial charge >= 0.3 is 0 Å². The zero-order chi connectivity index (χ0) is 22.3. The molecule has 1 fully saturated rings. The molecule has 7 nitrogen and oxygen atoms in total. The fourth-order valence-corrected chi connectivity index (χ4v) is 3.73. The molecular weight excluding hydrogens is 406 g/mol. The molecule has 3 aromatic rings. The Morgan fingerprint density at radius 3 is 2.66 bits per heavy atom. The molecule has 2 aromatic carbocycles. The number of likely N-dealkylation sites (tertiary alicyclic amines) is 1. The van der Waals surface area contributed by atoms with E-state index in [1.54, 1.807) is 24.3 Å². The Bertz CT molecular complexity index is 1070. The summed E-state index contributed by atoms with van der Waals surface area (Å²) in [6.07, 6.45) is 2.74. The summed E-state index contributed by atoms with van der Waals surface area (Å²) in [5.74, 6) is 1.66. The number of aryl methyl sites for hydroxylation is 2. The minimum atomic E-state index is -0.146. The number of carbonyl (C=O) groups excluding carboxylic acids is 2. The van der Waals surface area contributed by atoms with Crippen molar-refractivity contribution in [3.8, 4) is 17.1 Å². The van der Waals surface area contributed by atoms with Gasteiger partial charge in [-0.3, -0.25) is 9.59 Å². The van der Waals surface area contributed by atoms with E-state index in [1.807, 2.05) is 42.2 Å². The fourth-order valence-electron chi connectivity index (χ4n) is 3.73. The van der Waals surface area contributed by atoms with Crippen molar-refractivity contribution in [1.29, 1.82) is 0 Å². The number of hydrogen-bond acceptors (Lipinski definition) is 5. The molecular formula is C25H27N3O4. The first-order chi connectivity index (χ1) is 15.6. The Hall–Kier alpha value is -3.61. The van der Waals surface area contributed by atoms with Crippen LogP contribution in [0.4, 0.5) is 5.69 Å². The molecule has 32 heavy (non-hydrogen) atoms. The summed E-state index contributed by atoms with van der Waals surface area (Å²) in [5.41, 5.74) is 2.39. The number of benzene rings is 2. The van der Waals surface area contributed by atoms with Crippen LogP contribution in [0.25, 0.3) is 11.3 Å². The molecule has 0 spiro atoms. The molecule has 1 aromatic heterocycles. The molecule has 0 saturated carbocycles. The van der Waals surface area contributed by atoms with Gasteiger partial charge in [0.25, 0.3) is 5.91 Å². The van der Waals surface area contributed by atoms with Gasteiger partial charge in [0, 0.05) is 43.2 Å². The summed E-state index contributed by atoms with van der Waals surface area (Å²) >= 11 is 0. The number of nitrogens with one attached hydrogen (secondary N) is 1. The van der Waals surface area contributed by atoms with Crippen molar-refractivity contribution in [2.75, 3.05) is 25.0 Å². The lowest BCUT2D eigenvalue weighted by Crippen LogP contribution is -2.32. The van der Waals surface area contributed by atoms with Crippen LogP contribution >= 0.6 is 0 Å². The summed E-state index contributed by atoms with van der Waals surface area (Å²) < 4.78 is 11.5. The van der Waals surface area contributed by atoms with Crippen molar-refractivity contribution in [3.05, 3.63) is 66.2 Å². The maximum atomic E-state index is 12.4. The Labute approximate surface area is 187 Å². The first-order valence-electron chi connectivity index (χ1n) is 10.9. The van der Waals surface area contributed by atoms with E-state index in [0.29, 0.717) is 23.7 Å². The SMILES string of the molecule is Cc1nc(CCC(=O)Nc2cccc(OCC(=O)N3CCCC3)c2)oc1-c1ccccc1. The van der Waals surface area contributed by atoms with E-state index in [2.05, 4.69) is 10.3 Å². The van der Waals surface area contributed by atoms with Crippen molar-refractivity contribution >= 4 is 17.5 Å². The van der Waals surface area contributed by atoms with Gasteiger partial charge < -0.3 is 19.4 Å². The van der Waals surface area contributed by atoms with E-state index in [9.17, 15) is 9.59 Å². The number of amides is 2. The largest absolute Gasteiger partial charge is 0.484 e. The second-order valence-electron chi connectivity index (χ2n) is 7.84. The predicted molar refractivity (Wildman–Crippen MR) is 121 cm³/mol. The lowest BCUT2D eigenvalue weighted by molar-refractivity contribution is -0.132. The highest BCUT2D eigenvalue weighted by molar-refractivity contribution is 5.91. The van der Waals surface area contributed by atoms with E-state index in [4.69, 9.17) is 9.15 Å². The molecule has 0 aliphatic carbocycles. The number of oxazole rings is 1. The lowest BCUT2D eigenvalue weighted by atomic mass is 10.1. The van der Waals surface area contributed by atoms with Gasteiger partial charge in [0.15, 0.2) is 18.3 Å². The molecule has 1 N–H and O–H groups in total. The number of anilines is 1. The van der Waals surface area contributed by atoms with Gasteiger partial charge in [0.1, 0.15) is 5.75 Å². The van der Waals surface area contributed by atoms with Gasteiger partial charge in [0.05, 0.1) is 5.69 Å². The predicted octanol–water partition coefficient (Wildman–Crippen LogP) is 4.22. The smallest absolute Gasteiger partial charge is 0.260 e. The molecule has 0 radical (unpaired) electrons. The standard InChI is InChI=1S/C25H27N3O4/c1-18-25(19-8-3-2-4-9-19)32-23(26-18)13-12-22(29)27-20-10-7-11-21(16-20)31-17-24(30)28-14-5-6-15-28/h2-4,7-11,16H,5-6,12-15,17H2,1H3,(H,27,29). The van der Waals surface area contributed by atoms with E-state index in [0.717, 1.165) is 42.9 Å². The molecule has 2 heterocycles. The number of aromatic nitrogens is 1. The first kappa shape index (κ1) is 21.6. The van der Waals surface area contributed by atoms with Gasteiger partial charge in [-0.05, 0) is 31.9 Å². The van der Waals surface area contributed by atoms with Crippen LogP contribution in [0.2, 0.25) is 0 Å². The average Bonchev–Trinajstić information content (AvgIpc) is 3.47. The van der Waals surface area contributed by atoms with Crippen LogP contribution in [-0.2, 0) is 16.0 Å². The van der Waals surface area contributed by atoms with E-state index < -0.39 is 0 Å². The van der Waals surface area contributed by atoms with Crippen molar-refractivity contribution in [3.63, 3.8) is 0 Å². The lowest BCUT2D eigenvalue weighted by Gasteiger charge is -2.15. The third-order valence-electron chi connectivity index (χ3n) is 5.38. The van der Waals surface area contributed by atoms with Gasteiger partial charge in [0.2, 0.25) is 5.91 Å². The molecule has 1 aliphatic heterocycles. The fraction of sp³-hybridized carbons (Fsp3) is 0.320. The molecule has 1 saturated heterocycles. The second-order valence-corrected chi connectivity index (χ2v) is 7.84. The Balaban J connectivity index is 1.28. The van der Waals surface area contributed by atoms with Crippen LogP contribution in [0.1, 0.15) is 30.8 Å². The number of nitrogens with zero attached hydrogens (tertiary/aromatic N) is 2. The summed E-state index contributed by atoms with van der Waals surface area (Å²) in [6.45, 7) is 3.50. The topological polar surface area (TPSA) is 84.7 Å². The highest BCUT2D eigenvalue weighted by atomic mass is 16.5. The number of carbonyl (C=O) groups is 2. The number of ether oxygens (including phenoxy) is 1. The Kier molecular flexibility index (Phi) is 6.84. The third kappa shape index (κ3) is 5.55. The van der Waals surface area contributed by atoms with Crippen LogP contribution in [0.3, 0.4) is 0 Å². The highest BCUT2D eigenvalue weighted by Gasteiger charge is 2.18. The molecule has 4 rings (SSSR count). The quantitative estimate of drug-likeness (QED) is 0.575. The summed E-state index contributed by atoms with van der Waals surface area (Å²) in [7, 11) is 0. The average molecular weight is 434 g/mol. The molecule has 7 heteroatoms. The monoisotopic (exact) mass is 433 g/mol. The minimum Gasteiger partial charge on any atom is -0.484 e. The summed E-state index contributed by atoms with van der Waals surface area (Å²) in [6, 6.07) is 16.9. The highest BCUT2D eigenvalue weighted by Crippen LogP contribution is 2.25. The van der Waals surface area contributed by atoms with Crippen LogP contribution < -0.4 is 10.1 Å². The Morgan fingerprint density at radius 1 is 1.09 bits per heavy atom. The maximum Gasteiger partial charge on any atom is 0.260 e. The molecule has 0 atom stereocenters. The van der Waals surface area contributed by atoms with Crippen LogP contribution in [-0.4, -0.2) is 41.4 Å². The first-order valence-corrected chi connectivity index (χ1v) is 10.9. The van der Waals surface area contributed by atoms with Crippen LogP contribution in [0, 0.1) is 6.92 Å². The van der Waals surface area contributed by atoms with Gasteiger partial charge in [-0.25, -0.2) is 4.98 Å². The maximum absolute atomic E-state index is 12.4. The molecule has 2 amide bonds. The van der Waals surface area contributed by atoms with Crippen molar-refractivity contribution in [1.82, 2.24) is 9.88 Å². The number of rotatable bonds is 8. The van der Waals surface area contributed by atoms with Gasteiger partial charge in [-0.2, -0.15) is 0 Å². The zero-order valence-corrected chi connectivity index (χ0v) is 18.2. The van der Waals surface area contributed by atoms with E-state index in [-0.39, 0.29) is 24.8 Å². The molecule has 1 aliphatic rings. The van der Waals surface area contributed by atoms with Gasteiger partial charge in [-0.15, -0.1) is 0 Å².